The number of nitrogens with zero attached hydrogens (tertiary/aromatic N) is 1. The van der Waals surface area contributed by atoms with Gasteiger partial charge in [0.05, 0.1) is 16.4 Å². The summed E-state index contributed by atoms with van der Waals surface area (Å²) in [6.45, 7) is 10.4. The summed E-state index contributed by atoms with van der Waals surface area (Å²) in [4.78, 5) is 30.2. The lowest BCUT2D eigenvalue weighted by molar-refractivity contribution is -0.143. The maximum atomic E-state index is 13.1. The van der Waals surface area contributed by atoms with E-state index >= 15 is 0 Å². The molecule has 1 N–H and O–H groups in total. The maximum Gasteiger partial charge on any atom is 0.179 e. The van der Waals surface area contributed by atoms with Crippen molar-refractivity contribution in [1.82, 2.24) is 4.98 Å². The molecule has 1 aliphatic rings. The lowest BCUT2D eigenvalue weighted by Gasteiger charge is -2.38. The Hall–Kier alpha value is -2.75. The van der Waals surface area contributed by atoms with Crippen molar-refractivity contribution >= 4 is 17.1 Å². The lowest BCUT2D eigenvalue weighted by atomic mass is 9.62. The molecule has 0 spiro atoms. The molecule has 4 heteroatoms. The van der Waals surface area contributed by atoms with Gasteiger partial charge in [-0.05, 0) is 70.4 Å². The highest BCUT2D eigenvalue weighted by Gasteiger charge is 2.53. The number of rotatable bonds is 2. The van der Waals surface area contributed by atoms with Crippen molar-refractivity contribution in [3.63, 3.8) is 0 Å². The number of carbonyl (C=O) groups excluding carboxylic acids is 2. The summed E-state index contributed by atoms with van der Waals surface area (Å²) in [5.41, 5.74) is 2.24. The summed E-state index contributed by atoms with van der Waals surface area (Å²) in [6.07, 6.45) is 1.79. The van der Waals surface area contributed by atoms with Crippen molar-refractivity contribution < 1.29 is 14.7 Å². The molecule has 0 fully saturated rings. The Morgan fingerprint density at radius 1 is 0.889 bits per heavy atom. The fourth-order valence-electron chi connectivity index (χ4n) is 3.68. The average molecular weight is 363 g/mol. The largest absolute Gasteiger partial charge is 0.510 e. The minimum atomic E-state index is -1.18. The van der Waals surface area contributed by atoms with Crippen molar-refractivity contribution in [2.75, 3.05) is 0 Å². The summed E-state index contributed by atoms with van der Waals surface area (Å²) in [5.74, 6) is -0.761. The van der Waals surface area contributed by atoms with E-state index < -0.39 is 10.8 Å². The second-order valence-corrected chi connectivity index (χ2v) is 8.35. The molecule has 0 saturated carbocycles. The molecule has 3 rings (SSSR count). The SMILES string of the molecule is Cc1ccc(-c2ccc(C)c(C3=C(O)C(C)(C)C(=O)C(C)(C)C3=O)c2)cn1. The topological polar surface area (TPSA) is 67.3 Å². The Bertz CT molecular complexity index is 979. The van der Waals surface area contributed by atoms with Gasteiger partial charge in [0.15, 0.2) is 11.6 Å². The summed E-state index contributed by atoms with van der Waals surface area (Å²) in [7, 11) is 0. The minimum absolute atomic E-state index is 0.154. The van der Waals surface area contributed by atoms with E-state index in [1.54, 1.807) is 33.9 Å². The summed E-state index contributed by atoms with van der Waals surface area (Å²) in [5, 5.41) is 10.9. The van der Waals surface area contributed by atoms with Crippen molar-refractivity contribution in [3.05, 3.63) is 59.1 Å². The van der Waals surface area contributed by atoms with Crippen molar-refractivity contribution in [1.29, 1.82) is 0 Å². The van der Waals surface area contributed by atoms with Crippen molar-refractivity contribution in [3.8, 4) is 11.1 Å². The third kappa shape index (κ3) is 2.89. The van der Waals surface area contributed by atoms with E-state index in [-0.39, 0.29) is 22.9 Å². The summed E-state index contributed by atoms with van der Waals surface area (Å²) in [6, 6.07) is 9.70. The third-order valence-electron chi connectivity index (χ3n) is 5.51. The van der Waals surface area contributed by atoms with Crippen LogP contribution in [-0.2, 0) is 9.59 Å². The Kier molecular flexibility index (Phi) is 4.34. The van der Waals surface area contributed by atoms with E-state index in [4.69, 9.17) is 0 Å². The smallest absolute Gasteiger partial charge is 0.179 e. The standard InChI is InChI=1S/C23H25NO3/c1-13-7-9-15(16-10-8-14(2)24-12-16)11-17(13)18-19(25)22(3,4)21(27)23(5,6)20(18)26/h7-12,25H,1-6H3. The molecule has 0 unspecified atom stereocenters. The fourth-order valence-corrected chi connectivity index (χ4v) is 3.68. The average Bonchev–Trinajstić information content (AvgIpc) is 2.62. The molecule has 4 nitrogen and oxygen atoms in total. The molecule has 0 bridgehead atoms. The number of carbonyl (C=O) groups is 2. The Labute approximate surface area is 160 Å². The van der Waals surface area contributed by atoms with Crippen LogP contribution in [0.3, 0.4) is 0 Å². The van der Waals surface area contributed by atoms with Gasteiger partial charge in [-0.25, -0.2) is 0 Å². The number of hydrogen-bond donors (Lipinski definition) is 1. The molecule has 1 aromatic heterocycles. The van der Waals surface area contributed by atoms with Gasteiger partial charge < -0.3 is 5.11 Å². The predicted molar refractivity (Wildman–Crippen MR) is 106 cm³/mol. The second-order valence-electron chi connectivity index (χ2n) is 8.35. The van der Waals surface area contributed by atoms with E-state index in [0.29, 0.717) is 5.56 Å². The van der Waals surface area contributed by atoms with E-state index in [9.17, 15) is 14.7 Å². The van der Waals surface area contributed by atoms with Crippen LogP contribution >= 0.6 is 0 Å². The van der Waals surface area contributed by atoms with E-state index in [1.165, 1.54) is 0 Å². The number of allylic oxidation sites excluding steroid dienone is 2. The van der Waals surface area contributed by atoms with E-state index in [1.807, 2.05) is 44.2 Å². The number of aliphatic hydroxyl groups is 1. The predicted octanol–water partition coefficient (Wildman–Crippen LogP) is 4.84. The van der Waals surface area contributed by atoms with Gasteiger partial charge in [0.25, 0.3) is 0 Å². The number of hydrogen-bond acceptors (Lipinski definition) is 4. The first-order chi connectivity index (χ1) is 12.5. The zero-order valence-corrected chi connectivity index (χ0v) is 16.7. The molecular formula is C23H25NO3. The number of aromatic nitrogens is 1. The highest BCUT2D eigenvalue weighted by atomic mass is 16.3. The normalized spacial score (nSPS) is 18.7. The van der Waals surface area contributed by atoms with Crippen LogP contribution in [0.1, 0.15) is 44.5 Å². The molecule has 0 saturated heterocycles. The number of Topliss-reactive ketones (excluding diaryl/α,β-unsaturated/α-hetero) is 2. The van der Waals surface area contributed by atoms with Crippen LogP contribution in [0.4, 0.5) is 0 Å². The number of ketones is 2. The Morgan fingerprint density at radius 2 is 1.52 bits per heavy atom. The molecule has 0 radical (unpaired) electrons. The summed E-state index contributed by atoms with van der Waals surface area (Å²) < 4.78 is 0. The molecule has 1 heterocycles. The minimum Gasteiger partial charge on any atom is -0.510 e. The van der Waals surface area contributed by atoms with Crippen LogP contribution in [0.25, 0.3) is 16.7 Å². The van der Waals surface area contributed by atoms with Gasteiger partial charge in [-0.15, -0.1) is 0 Å². The number of aliphatic hydroxyl groups excluding tert-OH is 1. The molecule has 0 aliphatic heterocycles. The van der Waals surface area contributed by atoms with Crippen LogP contribution in [0.15, 0.2) is 42.3 Å². The fraction of sp³-hybridized carbons (Fsp3) is 0.348. The van der Waals surface area contributed by atoms with Crippen LogP contribution in [-0.4, -0.2) is 21.7 Å². The highest BCUT2D eigenvalue weighted by Crippen LogP contribution is 2.47. The van der Waals surface area contributed by atoms with Crippen LogP contribution < -0.4 is 0 Å². The molecule has 0 atom stereocenters. The lowest BCUT2D eigenvalue weighted by Crippen LogP contribution is -2.48. The maximum absolute atomic E-state index is 13.1. The van der Waals surface area contributed by atoms with Crippen molar-refractivity contribution in [2.24, 2.45) is 10.8 Å². The zero-order chi connectivity index (χ0) is 20.1. The van der Waals surface area contributed by atoms with Gasteiger partial charge in [0.1, 0.15) is 5.76 Å². The first kappa shape index (κ1) is 19.0. The molecule has 1 aliphatic carbocycles. The second kappa shape index (κ2) is 6.15. The van der Waals surface area contributed by atoms with E-state index in [2.05, 4.69) is 4.98 Å². The number of pyridine rings is 1. The Balaban J connectivity index is 2.25. The van der Waals surface area contributed by atoms with Gasteiger partial charge in [-0.1, -0.05) is 18.2 Å². The van der Waals surface area contributed by atoms with Gasteiger partial charge in [-0.3, -0.25) is 14.6 Å². The van der Waals surface area contributed by atoms with E-state index in [0.717, 1.165) is 22.4 Å². The third-order valence-corrected chi connectivity index (χ3v) is 5.51. The monoisotopic (exact) mass is 363 g/mol. The molecule has 0 amide bonds. The van der Waals surface area contributed by atoms with Crippen LogP contribution in [0, 0.1) is 24.7 Å². The highest BCUT2D eigenvalue weighted by molar-refractivity contribution is 6.34. The van der Waals surface area contributed by atoms with Gasteiger partial charge in [0, 0.05) is 17.5 Å². The number of benzene rings is 1. The molecule has 140 valence electrons. The van der Waals surface area contributed by atoms with Gasteiger partial charge in [-0.2, -0.15) is 0 Å². The zero-order valence-electron chi connectivity index (χ0n) is 16.7. The first-order valence-corrected chi connectivity index (χ1v) is 9.05. The molecular weight excluding hydrogens is 338 g/mol. The molecule has 1 aromatic carbocycles. The Morgan fingerprint density at radius 3 is 2.11 bits per heavy atom. The first-order valence-electron chi connectivity index (χ1n) is 9.05. The van der Waals surface area contributed by atoms with Crippen molar-refractivity contribution in [2.45, 2.75) is 41.5 Å². The molecule has 27 heavy (non-hydrogen) atoms. The number of aryl methyl sites for hydroxylation is 2. The van der Waals surface area contributed by atoms with Gasteiger partial charge in [0.2, 0.25) is 0 Å². The van der Waals surface area contributed by atoms with Crippen LogP contribution in [0.2, 0.25) is 0 Å². The van der Waals surface area contributed by atoms with Gasteiger partial charge >= 0.3 is 0 Å². The van der Waals surface area contributed by atoms with Crippen LogP contribution in [0.5, 0.6) is 0 Å². The summed E-state index contributed by atoms with van der Waals surface area (Å²) >= 11 is 0. The quantitative estimate of drug-likeness (QED) is 0.775. The molecule has 2 aromatic rings.